The lowest BCUT2D eigenvalue weighted by Crippen LogP contribution is -2.15. The Morgan fingerprint density at radius 2 is 1.83 bits per heavy atom. The minimum absolute atomic E-state index is 0.0399. The minimum atomic E-state index is -4.14. The molecule has 0 heterocycles. The second-order valence-electron chi connectivity index (χ2n) is 4.64. The zero-order valence-corrected chi connectivity index (χ0v) is 13.2. The number of hydrogen-bond donors (Lipinski definition) is 2. The van der Waals surface area contributed by atoms with Gasteiger partial charge in [-0.2, -0.15) is 0 Å². The standard InChI is InChI=1S/C14H13N3O6S/c1-23-12-7-6-11(17(19)20)8-13(12)24(21,22)16-10-4-2-9(3-5-10)14(15)18/h2-8,16H,1H3,(H2,15,18). The van der Waals surface area contributed by atoms with Crippen LogP contribution in [0.2, 0.25) is 0 Å². The Morgan fingerprint density at radius 1 is 1.21 bits per heavy atom. The topological polar surface area (TPSA) is 142 Å². The van der Waals surface area contributed by atoms with Crippen LogP contribution in [-0.2, 0) is 10.0 Å². The molecule has 0 saturated heterocycles. The summed E-state index contributed by atoms with van der Waals surface area (Å²) in [5, 5.41) is 10.8. The van der Waals surface area contributed by atoms with E-state index in [1.165, 1.54) is 37.4 Å². The fraction of sp³-hybridized carbons (Fsp3) is 0.0714. The Bertz CT molecular complexity index is 893. The third-order valence-electron chi connectivity index (χ3n) is 3.07. The van der Waals surface area contributed by atoms with E-state index in [1.54, 1.807) is 0 Å². The van der Waals surface area contributed by atoms with Crippen LogP contribution in [0, 0.1) is 10.1 Å². The molecule has 2 aromatic rings. The van der Waals surface area contributed by atoms with Gasteiger partial charge in [-0.25, -0.2) is 8.42 Å². The van der Waals surface area contributed by atoms with E-state index in [-0.39, 0.29) is 27.6 Å². The molecule has 10 heteroatoms. The first-order valence-electron chi connectivity index (χ1n) is 6.49. The number of nitrogens with zero attached hydrogens (tertiary/aromatic N) is 1. The van der Waals surface area contributed by atoms with Crippen LogP contribution >= 0.6 is 0 Å². The molecule has 0 aliphatic carbocycles. The van der Waals surface area contributed by atoms with Gasteiger partial charge in [0.25, 0.3) is 15.7 Å². The highest BCUT2D eigenvalue weighted by Crippen LogP contribution is 2.29. The van der Waals surface area contributed by atoms with Crippen molar-refractivity contribution in [3.05, 3.63) is 58.1 Å². The average Bonchev–Trinajstić information content (AvgIpc) is 2.54. The van der Waals surface area contributed by atoms with Gasteiger partial charge in [0, 0.05) is 23.4 Å². The van der Waals surface area contributed by atoms with Crippen molar-refractivity contribution in [2.24, 2.45) is 5.73 Å². The largest absolute Gasteiger partial charge is 0.495 e. The molecule has 2 aromatic carbocycles. The van der Waals surface area contributed by atoms with E-state index in [0.717, 1.165) is 12.1 Å². The molecule has 0 aliphatic rings. The number of rotatable bonds is 6. The molecular weight excluding hydrogens is 338 g/mol. The molecule has 0 saturated carbocycles. The number of anilines is 1. The highest BCUT2D eigenvalue weighted by molar-refractivity contribution is 7.92. The maximum absolute atomic E-state index is 12.5. The predicted molar refractivity (Wildman–Crippen MR) is 85.4 cm³/mol. The predicted octanol–water partition coefficient (Wildman–Crippen LogP) is 1.50. The van der Waals surface area contributed by atoms with Crippen molar-refractivity contribution in [1.82, 2.24) is 0 Å². The van der Waals surface area contributed by atoms with Crippen LogP contribution in [0.5, 0.6) is 5.75 Å². The molecule has 0 aromatic heterocycles. The number of nitro groups is 1. The van der Waals surface area contributed by atoms with Gasteiger partial charge < -0.3 is 10.5 Å². The first-order chi connectivity index (χ1) is 11.2. The van der Waals surface area contributed by atoms with Gasteiger partial charge in [-0.15, -0.1) is 0 Å². The van der Waals surface area contributed by atoms with Gasteiger partial charge in [0.1, 0.15) is 10.6 Å². The van der Waals surface area contributed by atoms with Crippen LogP contribution in [0.1, 0.15) is 10.4 Å². The number of amides is 1. The van der Waals surface area contributed by atoms with Crippen LogP contribution in [-0.4, -0.2) is 26.4 Å². The summed E-state index contributed by atoms with van der Waals surface area (Å²) in [4.78, 5) is 20.8. The van der Waals surface area contributed by atoms with Gasteiger partial charge in [0.05, 0.1) is 12.0 Å². The number of primary amides is 1. The van der Waals surface area contributed by atoms with Crippen LogP contribution in [0.15, 0.2) is 47.4 Å². The molecule has 3 N–H and O–H groups in total. The summed E-state index contributed by atoms with van der Waals surface area (Å²) in [6.07, 6.45) is 0. The van der Waals surface area contributed by atoms with E-state index in [2.05, 4.69) is 4.72 Å². The van der Waals surface area contributed by atoms with Crippen molar-refractivity contribution in [3.63, 3.8) is 0 Å². The Balaban J connectivity index is 2.41. The zero-order chi connectivity index (χ0) is 17.9. The van der Waals surface area contributed by atoms with Crippen molar-refractivity contribution in [1.29, 1.82) is 0 Å². The van der Waals surface area contributed by atoms with Gasteiger partial charge in [-0.1, -0.05) is 0 Å². The Morgan fingerprint density at radius 3 is 2.33 bits per heavy atom. The summed E-state index contributed by atoms with van der Waals surface area (Å²) >= 11 is 0. The molecule has 0 spiro atoms. The summed E-state index contributed by atoms with van der Waals surface area (Å²) in [7, 11) is -2.89. The zero-order valence-electron chi connectivity index (χ0n) is 12.4. The normalized spacial score (nSPS) is 10.9. The lowest BCUT2D eigenvalue weighted by molar-refractivity contribution is -0.385. The molecule has 0 fully saturated rings. The Labute approximate surface area is 137 Å². The van der Waals surface area contributed by atoms with Crippen molar-refractivity contribution in [2.45, 2.75) is 4.90 Å². The molecule has 0 atom stereocenters. The molecular formula is C14H13N3O6S. The lowest BCUT2D eigenvalue weighted by atomic mass is 10.2. The molecule has 0 bridgehead atoms. The first-order valence-corrected chi connectivity index (χ1v) is 7.98. The van der Waals surface area contributed by atoms with Crippen LogP contribution in [0.3, 0.4) is 0 Å². The average molecular weight is 351 g/mol. The van der Waals surface area contributed by atoms with E-state index < -0.39 is 20.9 Å². The summed E-state index contributed by atoms with van der Waals surface area (Å²) in [5.74, 6) is -0.688. The quantitative estimate of drug-likeness (QED) is 0.596. The first kappa shape index (κ1) is 17.2. The summed E-state index contributed by atoms with van der Waals surface area (Å²) in [6.45, 7) is 0. The van der Waals surface area contributed by atoms with Gasteiger partial charge in [-0.05, 0) is 30.3 Å². The van der Waals surface area contributed by atoms with Crippen LogP contribution in [0.25, 0.3) is 0 Å². The van der Waals surface area contributed by atoms with Crippen molar-refractivity contribution in [3.8, 4) is 5.75 Å². The Hall–Kier alpha value is -3.14. The van der Waals surface area contributed by atoms with E-state index in [0.29, 0.717) is 0 Å². The van der Waals surface area contributed by atoms with Gasteiger partial charge in [0.15, 0.2) is 0 Å². The summed E-state index contributed by atoms with van der Waals surface area (Å²) < 4.78 is 32.1. The molecule has 0 aliphatic heterocycles. The van der Waals surface area contributed by atoms with E-state index >= 15 is 0 Å². The second kappa shape index (κ2) is 6.54. The molecule has 1 amide bonds. The maximum Gasteiger partial charge on any atom is 0.271 e. The molecule has 126 valence electrons. The summed E-state index contributed by atoms with van der Waals surface area (Å²) in [6, 6.07) is 8.64. The van der Waals surface area contributed by atoms with Gasteiger partial charge in [-0.3, -0.25) is 19.6 Å². The van der Waals surface area contributed by atoms with Crippen LogP contribution in [0.4, 0.5) is 11.4 Å². The van der Waals surface area contributed by atoms with Crippen molar-refractivity contribution < 1.29 is 22.9 Å². The third kappa shape index (κ3) is 3.60. The van der Waals surface area contributed by atoms with Gasteiger partial charge >= 0.3 is 0 Å². The fourth-order valence-electron chi connectivity index (χ4n) is 1.90. The van der Waals surface area contributed by atoms with Crippen molar-refractivity contribution >= 4 is 27.3 Å². The molecule has 0 unspecified atom stereocenters. The smallest absolute Gasteiger partial charge is 0.271 e. The Kier molecular flexibility index (Phi) is 4.69. The number of ether oxygens (including phenoxy) is 1. The lowest BCUT2D eigenvalue weighted by Gasteiger charge is -2.11. The molecule has 24 heavy (non-hydrogen) atoms. The number of nitrogens with two attached hydrogens (primary N) is 1. The van der Waals surface area contributed by atoms with E-state index in [1.807, 2.05) is 0 Å². The number of nitro benzene ring substituents is 1. The minimum Gasteiger partial charge on any atom is -0.495 e. The number of methoxy groups -OCH3 is 1. The fourth-order valence-corrected chi connectivity index (χ4v) is 3.15. The monoisotopic (exact) mass is 351 g/mol. The van der Waals surface area contributed by atoms with E-state index in [9.17, 15) is 23.3 Å². The SMILES string of the molecule is COc1ccc([N+](=O)[O-])cc1S(=O)(=O)Nc1ccc(C(N)=O)cc1. The van der Waals surface area contributed by atoms with Crippen molar-refractivity contribution in [2.75, 3.05) is 11.8 Å². The number of nitrogens with one attached hydrogen (secondary N) is 1. The van der Waals surface area contributed by atoms with E-state index in [4.69, 9.17) is 10.5 Å². The number of benzene rings is 2. The molecule has 2 rings (SSSR count). The molecule has 9 nitrogen and oxygen atoms in total. The molecule has 0 radical (unpaired) electrons. The highest BCUT2D eigenvalue weighted by Gasteiger charge is 2.23. The number of non-ortho nitro benzene ring substituents is 1. The highest BCUT2D eigenvalue weighted by atomic mass is 32.2. The number of carbonyl (C=O) groups is 1. The number of carbonyl (C=O) groups excluding carboxylic acids is 1. The third-order valence-corrected chi connectivity index (χ3v) is 4.47. The maximum atomic E-state index is 12.5. The second-order valence-corrected chi connectivity index (χ2v) is 6.29. The summed E-state index contributed by atoms with van der Waals surface area (Å²) in [5.41, 5.74) is 5.09. The number of hydrogen-bond acceptors (Lipinski definition) is 6. The van der Waals surface area contributed by atoms with Gasteiger partial charge in [0.2, 0.25) is 5.91 Å². The van der Waals surface area contributed by atoms with Crippen LogP contribution < -0.4 is 15.2 Å². The number of sulfonamides is 1.